The summed E-state index contributed by atoms with van der Waals surface area (Å²) in [6.45, 7) is 4.00. The molecule has 0 bridgehead atoms. The maximum Gasteiger partial charge on any atom is 1.00 e. The summed E-state index contributed by atoms with van der Waals surface area (Å²) in [4.78, 5) is 22.5. The molecule has 5 nitrogen and oxygen atoms in total. The van der Waals surface area contributed by atoms with E-state index in [9.17, 15) is 14.7 Å². The molecule has 0 aromatic carbocycles. The molecule has 1 N–H and O–H groups in total. The molecule has 0 aliphatic carbocycles. The topological polar surface area (TPSA) is 69.2 Å². The monoisotopic (exact) mass is 267 g/mol. The standard InChI is InChI=1S/C12H24N2O3.Na/c1-6-10(7-9(2)12(16)17)11(15)13-8-14(3,4)5;/h9-10H,6-8H2,1-5H3,(H-,13,15,16,17);/q;+1. The molecule has 0 aromatic rings. The summed E-state index contributed by atoms with van der Waals surface area (Å²) >= 11 is 0. The van der Waals surface area contributed by atoms with E-state index in [2.05, 4.69) is 5.32 Å². The van der Waals surface area contributed by atoms with Crippen LogP contribution in [0.1, 0.15) is 26.7 Å². The molecule has 0 fully saturated rings. The van der Waals surface area contributed by atoms with E-state index >= 15 is 0 Å². The van der Waals surface area contributed by atoms with Gasteiger partial charge in [-0.05, 0) is 18.8 Å². The number of aliphatic carboxylic acids is 1. The molecular weight excluding hydrogens is 243 g/mol. The Labute approximate surface area is 132 Å². The minimum absolute atomic E-state index is 0. The molecule has 0 aromatic heterocycles. The van der Waals surface area contributed by atoms with Crippen LogP contribution in [-0.4, -0.2) is 44.2 Å². The Kier molecular flexibility index (Phi) is 10.0. The number of carboxylic acids is 1. The molecule has 0 aliphatic rings. The number of carbonyl (C=O) groups is 2. The Balaban J connectivity index is 0. The first-order valence-electron chi connectivity index (χ1n) is 5.96. The van der Waals surface area contributed by atoms with Gasteiger partial charge in [0.15, 0.2) is 6.67 Å². The summed E-state index contributed by atoms with van der Waals surface area (Å²) in [6.07, 6.45) is 0.975. The van der Waals surface area contributed by atoms with E-state index in [1.54, 1.807) is 6.92 Å². The van der Waals surface area contributed by atoms with Crippen LogP contribution in [-0.2, 0) is 9.59 Å². The molecule has 0 aliphatic heterocycles. The third kappa shape index (κ3) is 8.91. The SMILES string of the molecule is CCC(CC(C)C(=O)[O-])C(=O)NC[N+](C)(C)C.[Na+]. The fraction of sp³-hybridized carbons (Fsp3) is 0.833. The van der Waals surface area contributed by atoms with Gasteiger partial charge >= 0.3 is 29.6 Å². The fourth-order valence-electron chi connectivity index (χ4n) is 1.44. The summed E-state index contributed by atoms with van der Waals surface area (Å²) in [5.41, 5.74) is 0. The van der Waals surface area contributed by atoms with Gasteiger partial charge in [0.1, 0.15) is 0 Å². The number of amides is 1. The van der Waals surface area contributed by atoms with Crippen LogP contribution in [0, 0.1) is 11.8 Å². The van der Waals surface area contributed by atoms with E-state index in [4.69, 9.17) is 0 Å². The fourth-order valence-corrected chi connectivity index (χ4v) is 1.44. The van der Waals surface area contributed by atoms with Gasteiger partial charge in [0.25, 0.3) is 0 Å². The van der Waals surface area contributed by atoms with Crippen molar-refractivity contribution in [2.45, 2.75) is 26.7 Å². The molecule has 0 saturated heterocycles. The van der Waals surface area contributed by atoms with E-state index in [1.807, 2.05) is 28.1 Å². The summed E-state index contributed by atoms with van der Waals surface area (Å²) in [7, 11) is 5.93. The zero-order chi connectivity index (χ0) is 13.6. The van der Waals surface area contributed by atoms with Crippen LogP contribution in [0.25, 0.3) is 0 Å². The van der Waals surface area contributed by atoms with Crippen LogP contribution in [0.3, 0.4) is 0 Å². The van der Waals surface area contributed by atoms with E-state index in [1.165, 1.54) is 0 Å². The molecule has 0 radical (unpaired) electrons. The first kappa shape index (κ1) is 20.2. The van der Waals surface area contributed by atoms with Gasteiger partial charge in [-0.25, -0.2) is 0 Å². The number of hydrogen-bond donors (Lipinski definition) is 1. The van der Waals surface area contributed by atoms with Gasteiger partial charge < -0.3 is 19.7 Å². The van der Waals surface area contributed by atoms with Gasteiger partial charge in [-0.15, -0.1) is 0 Å². The van der Waals surface area contributed by atoms with Crippen molar-refractivity contribution in [3.8, 4) is 0 Å². The number of hydrogen-bond acceptors (Lipinski definition) is 3. The van der Waals surface area contributed by atoms with Gasteiger partial charge in [-0.1, -0.05) is 13.8 Å². The second-order valence-electron chi connectivity index (χ2n) is 5.55. The maximum absolute atomic E-state index is 11.8. The average molecular weight is 267 g/mol. The first-order valence-corrected chi connectivity index (χ1v) is 5.96. The molecule has 2 atom stereocenters. The largest absolute Gasteiger partial charge is 1.00 e. The molecule has 6 heteroatoms. The summed E-state index contributed by atoms with van der Waals surface area (Å²) in [5, 5.41) is 13.5. The third-order valence-corrected chi connectivity index (χ3v) is 2.63. The molecule has 0 spiro atoms. The van der Waals surface area contributed by atoms with Gasteiger partial charge in [0.2, 0.25) is 5.91 Å². The molecule has 100 valence electrons. The number of carbonyl (C=O) groups excluding carboxylic acids is 2. The van der Waals surface area contributed by atoms with Crippen molar-refractivity contribution in [2.75, 3.05) is 27.8 Å². The Morgan fingerprint density at radius 1 is 1.28 bits per heavy atom. The molecule has 1 amide bonds. The van der Waals surface area contributed by atoms with Crippen LogP contribution in [0.4, 0.5) is 0 Å². The average Bonchev–Trinajstić information content (AvgIpc) is 2.20. The number of rotatable bonds is 7. The first-order chi connectivity index (χ1) is 7.67. The summed E-state index contributed by atoms with van der Waals surface area (Å²) < 4.78 is 0.637. The normalized spacial score (nSPS) is 14.3. The second kappa shape index (κ2) is 8.91. The number of nitrogens with zero attached hydrogens (tertiary/aromatic N) is 1. The van der Waals surface area contributed by atoms with Crippen LogP contribution >= 0.6 is 0 Å². The quantitative estimate of drug-likeness (QED) is 0.297. The zero-order valence-electron chi connectivity index (χ0n) is 12.4. The predicted octanol–water partition coefficient (Wildman–Crippen LogP) is -3.43. The van der Waals surface area contributed by atoms with Crippen molar-refractivity contribution in [3.05, 3.63) is 0 Å². The number of nitrogens with one attached hydrogen (secondary N) is 1. The van der Waals surface area contributed by atoms with Crippen LogP contribution in [0.2, 0.25) is 0 Å². The number of quaternary nitrogens is 1. The van der Waals surface area contributed by atoms with Crippen LogP contribution in [0.5, 0.6) is 0 Å². The minimum Gasteiger partial charge on any atom is -0.550 e. The maximum atomic E-state index is 11.8. The number of carboxylic acid groups (broad SMARTS) is 1. The van der Waals surface area contributed by atoms with Crippen LogP contribution < -0.4 is 40.0 Å². The summed E-state index contributed by atoms with van der Waals surface area (Å²) in [5.74, 6) is -2.01. The Bertz CT molecular complexity index is 277. The molecule has 0 saturated carbocycles. The second-order valence-corrected chi connectivity index (χ2v) is 5.55. The van der Waals surface area contributed by atoms with Crippen molar-refractivity contribution < 1.29 is 48.7 Å². The Morgan fingerprint density at radius 2 is 1.78 bits per heavy atom. The third-order valence-electron chi connectivity index (χ3n) is 2.63. The van der Waals surface area contributed by atoms with Gasteiger partial charge in [0, 0.05) is 11.9 Å². The van der Waals surface area contributed by atoms with E-state index < -0.39 is 11.9 Å². The van der Waals surface area contributed by atoms with Gasteiger partial charge in [-0.2, -0.15) is 0 Å². The van der Waals surface area contributed by atoms with E-state index in [-0.39, 0.29) is 41.4 Å². The Morgan fingerprint density at radius 3 is 2.11 bits per heavy atom. The summed E-state index contributed by atoms with van der Waals surface area (Å²) in [6, 6.07) is 0. The molecule has 2 unspecified atom stereocenters. The van der Waals surface area contributed by atoms with Crippen LogP contribution in [0.15, 0.2) is 0 Å². The molecule has 18 heavy (non-hydrogen) atoms. The Hall–Kier alpha value is -0.100. The van der Waals surface area contributed by atoms with Crippen molar-refractivity contribution in [1.82, 2.24) is 5.32 Å². The molecule has 0 heterocycles. The van der Waals surface area contributed by atoms with Gasteiger partial charge in [0.05, 0.1) is 21.1 Å². The minimum atomic E-state index is -1.09. The molecular formula is C12H24N2NaO3+. The smallest absolute Gasteiger partial charge is 0.550 e. The van der Waals surface area contributed by atoms with Crippen molar-refractivity contribution in [2.24, 2.45) is 11.8 Å². The zero-order valence-corrected chi connectivity index (χ0v) is 14.4. The van der Waals surface area contributed by atoms with E-state index in [0.717, 1.165) is 0 Å². The predicted molar refractivity (Wildman–Crippen MR) is 63.6 cm³/mol. The van der Waals surface area contributed by atoms with Crippen molar-refractivity contribution in [1.29, 1.82) is 0 Å². The van der Waals surface area contributed by atoms with Crippen molar-refractivity contribution >= 4 is 11.9 Å². The van der Waals surface area contributed by atoms with E-state index in [0.29, 0.717) is 24.0 Å². The van der Waals surface area contributed by atoms with Crippen molar-refractivity contribution in [3.63, 3.8) is 0 Å². The molecule has 0 rings (SSSR count). The van der Waals surface area contributed by atoms with Gasteiger partial charge in [-0.3, -0.25) is 4.79 Å².